The van der Waals surface area contributed by atoms with Crippen LogP contribution in [0.25, 0.3) is 0 Å². The molecule has 2 aromatic carbocycles. The predicted octanol–water partition coefficient (Wildman–Crippen LogP) is 4.52. The number of likely N-dealkylation sites (N-methyl/N-ethyl adjacent to an activating group) is 1. The van der Waals surface area contributed by atoms with Crippen LogP contribution in [0.3, 0.4) is 0 Å². The molecule has 0 heterocycles. The average Bonchev–Trinajstić information content (AvgIpc) is 2.78. The first kappa shape index (κ1) is 27.2. The van der Waals surface area contributed by atoms with Crippen molar-refractivity contribution in [2.75, 3.05) is 18.1 Å². The van der Waals surface area contributed by atoms with E-state index < -0.39 is 29.7 Å². The third kappa shape index (κ3) is 7.52. The number of ether oxygens (including phenoxy) is 1. The maximum Gasteiger partial charge on any atom is 0.408 e. The minimum absolute atomic E-state index is 0.0450. The van der Waals surface area contributed by atoms with Gasteiger partial charge in [-0.25, -0.2) is 4.79 Å². The summed E-state index contributed by atoms with van der Waals surface area (Å²) >= 11 is 4.24. The van der Waals surface area contributed by atoms with Crippen LogP contribution in [-0.2, 0) is 20.7 Å². The zero-order valence-corrected chi connectivity index (χ0v) is 21.6. The highest BCUT2D eigenvalue weighted by molar-refractivity contribution is 7.80. The van der Waals surface area contributed by atoms with Gasteiger partial charge in [-0.1, -0.05) is 49.4 Å². The Labute approximate surface area is 207 Å². The van der Waals surface area contributed by atoms with Gasteiger partial charge in [0.25, 0.3) is 5.91 Å². The molecule has 2 N–H and O–H groups in total. The van der Waals surface area contributed by atoms with Crippen LogP contribution < -0.4 is 10.6 Å². The Kier molecular flexibility index (Phi) is 9.55. The maximum atomic E-state index is 13.5. The normalized spacial score (nSPS) is 12.9. The number of hydrogen-bond acceptors (Lipinski definition) is 5. The van der Waals surface area contributed by atoms with E-state index in [2.05, 4.69) is 23.3 Å². The molecule has 2 aromatic rings. The van der Waals surface area contributed by atoms with Gasteiger partial charge in [-0.3, -0.25) is 9.59 Å². The zero-order valence-electron chi connectivity index (χ0n) is 20.7. The molecule has 184 valence electrons. The van der Waals surface area contributed by atoms with Crippen molar-refractivity contribution in [1.29, 1.82) is 0 Å². The maximum absolute atomic E-state index is 13.5. The highest BCUT2D eigenvalue weighted by Gasteiger charge is 2.33. The summed E-state index contributed by atoms with van der Waals surface area (Å²) in [4.78, 5) is 40.4. The van der Waals surface area contributed by atoms with E-state index in [9.17, 15) is 14.4 Å². The van der Waals surface area contributed by atoms with Crippen LogP contribution in [0.2, 0.25) is 0 Å². The fourth-order valence-corrected chi connectivity index (χ4v) is 3.66. The number of nitrogens with one attached hydrogen (secondary N) is 2. The van der Waals surface area contributed by atoms with Crippen LogP contribution in [0, 0.1) is 6.92 Å². The summed E-state index contributed by atoms with van der Waals surface area (Å²) in [5, 5.41) is 5.50. The number of carbonyl (C=O) groups is 3. The predicted molar refractivity (Wildman–Crippen MR) is 138 cm³/mol. The molecule has 8 heteroatoms. The summed E-state index contributed by atoms with van der Waals surface area (Å²) in [5.41, 5.74) is 2.65. The minimum atomic E-state index is -0.966. The van der Waals surface area contributed by atoms with E-state index >= 15 is 0 Å². The number of thiol groups is 1. The molecule has 0 radical (unpaired) electrons. The summed E-state index contributed by atoms with van der Waals surface area (Å²) in [6.45, 7) is 9.16. The van der Waals surface area contributed by atoms with Crippen LogP contribution in [0.1, 0.15) is 50.4 Å². The lowest BCUT2D eigenvalue weighted by atomic mass is 10.0. The van der Waals surface area contributed by atoms with Crippen molar-refractivity contribution in [2.45, 2.75) is 58.7 Å². The van der Waals surface area contributed by atoms with E-state index in [1.54, 1.807) is 27.8 Å². The topological polar surface area (TPSA) is 87.7 Å². The Morgan fingerprint density at radius 3 is 2.21 bits per heavy atom. The number of alkyl carbamates (subject to hydrolysis) is 1. The minimum Gasteiger partial charge on any atom is -0.444 e. The monoisotopic (exact) mass is 485 g/mol. The molecule has 0 saturated heterocycles. The molecule has 0 aliphatic carbocycles. The Hall–Kier alpha value is -3.00. The number of para-hydroxylation sites is 1. The molecule has 0 fully saturated rings. The third-order valence-corrected chi connectivity index (χ3v) is 5.63. The highest BCUT2D eigenvalue weighted by atomic mass is 32.1. The Balaban J connectivity index is 2.33. The van der Waals surface area contributed by atoms with Crippen LogP contribution in [0.5, 0.6) is 0 Å². The zero-order chi connectivity index (χ0) is 25.5. The lowest BCUT2D eigenvalue weighted by Gasteiger charge is -2.31. The lowest BCUT2D eigenvalue weighted by molar-refractivity contribution is -0.138. The van der Waals surface area contributed by atoms with Crippen molar-refractivity contribution < 1.29 is 19.1 Å². The van der Waals surface area contributed by atoms with Crippen molar-refractivity contribution in [1.82, 2.24) is 10.2 Å². The molecule has 0 spiro atoms. The Morgan fingerprint density at radius 2 is 1.68 bits per heavy atom. The summed E-state index contributed by atoms with van der Waals surface area (Å²) in [7, 11) is 1.55. The van der Waals surface area contributed by atoms with Crippen molar-refractivity contribution in [3.63, 3.8) is 0 Å². The van der Waals surface area contributed by atoms with Gasteiger partial charge in [0.05, 0.1) is 0 Å². The van der Waals surface area contributed by atoms with Gasteiger partial charge in [0.2, 0.25) is 5.91 Å². The molecular formula is C26H35N3O4S. The van der Waals surface area contributed by atoms with E-state index in [0.717, 1.165) is 17.5 Å². The van der Waals surface area contributed by atoms with Crippen LogP contribution in [0.15, 0.2) is 48.5 Å². The van der Waals surface area contributed by atoms with Crippen LogP contribution in [-0.4, -0.2) is 47.3 Å². The molecule has 0 aromatic heterocycles. The second kappa shape index (κ2) is 11.9. The quantitative estimate of drug-likeness (QED) is 0.480. The molecule has 0 saturated carbocycles. The van der Waals surface area contributed by atoms with Gasteiger partial charge in [0.1, 0.15) is 17.7 Å². The largest absolute Gasteiger partial charge is 0.444 e. The molecule has 0 bridgehead atoms. The van der Waals surface area contributed by atoms with E-state index in [1.807, 2.05) is 62.4 Å². The summed E-state index contributed by atoms with van der Waals surface area (Å²) in [5.74, 6) is -0.765. The summed E-state index contributed by atoms with van der Waals surface area (Å²) in [6, 6.07) is 13.1. The van der Waals surface area contributed by atoms with Crippen molar-refractivity contribution in [3.05, 3.63) is 65.2 Å². The van der Waals surface area contributed by atoms with Gasteiger partial charge in [-0.2, -0.15) is 12.6 Å². The van der Waals surface area contributed by atoms with Crippen LogP contribution >= 0.6 is 12.6 Å². The van der Waals surface area contributed by atoms with Gasteiger partial charge in [0.15, 0.2) is 0 Å². The first-order valence-electron chi connectivity index (χ1n) is 11.3. The third-order valence-electron chi connectivity index (χ3n) is 5.26. The fourth-order valence-electron chi connectivity index (χ4n) is 3.41. The molecule has 3 amide bonds. The molecule has 0 aliphatic rings. The number of anilines is 1. The van der Waals surface area contributed by atoms with Crippen molar-refractivity contribution >= 4 is 36.2 Å². The SMILES string of the molecule is CCc1ccc(C(C(=O)Nc2ccccc2C)N(C)C(=O)C(CS)NC(=O)OC(C)(C)C)cc1. The van der Waals surface area contributed by atoms with E-state index in [0.29, 0.717) is 11.3 Å². The second-order valence-corrected chi connectivity index (χ2v) is 9.50. The number of nitrogens with zero attached hydrogens (tertiary/aromatic N) is 1. The van der Waals surface area contributed by atoms with Gasteiger partial charge in [-0.05, 0) is 56.9 Å². The summed E-state index contributed by atoms with van der Waals surface area (Å²) < 4.78 is 5.28. The van der Waals surface area contributed by atoms with Crippen molar-refractivity contribution in [3.8, 4) is 0 Å². The van der Waals surface area contributed by atoms with Crippen molar-refractivity contribution in [2.24, 2.45) is 0 Å². The molecular weight excluding hydrogens is 450 g/mol. The smallest absolute Gasteiger partial charge is 0.408 e. The number of rotatable bonds is 8. The van der Waals surface area contributed by atoms with E-state index in [4.69, 9.17) is 4.74 Å². The lowest BCUT2D eigenvalue weighted by Crippen LogP contribution is -2.52. The van der Waals surface area contributed by atoms with Gasteiger partial charge < -0.3 is 20.3 Å². The highest BCUT2D eigenvalue weighted by Crippen LogP contribution is 2.25. The van der Waals surface area contributed by atoms with E-state index in [-0.39, 0.29) is 11.7 Å². The number of carbonyl (C=O) groups excluding carboxylic acids is 3. The molecule has 2 unspecified atom stereocenters. The first-order chi connectivity index (χ1) is 16.0. The second-order valence-electron chi connectivity index (χ2n) is 9.13. The first-order valence-corrected chi connectivity index (χ1v) is 11.9. The number of aryl methyl sites for hydroxylation is 2. The number of benzene rings is 2. The summed E-state index contributed by atoms with van der Waals surface area (Å²) in [6.07, 6.45) is 0.137. The van der Waals surface area contributed by atoms with Gasteiger partial charge >= 0.3 is 6.09 Å². The average molecular weight is 486 g/mol. The molecule has 34 heavy (non-hydrogen) atoms. The molecule has 7 nitrogen and oxygen atoms in total. The molecule has 2 rings (SSSR count). The van der Waals surface area contributed by atoms with Crippen LogP contribution in [0.4, 0.5) is 10.5 Å². The molecule has 2 atom stereocenters. The molecule has 0 aliphatic heterocycles. The fraction of sp³-hybridized carbons (Fsp3) is 0.423. The van der Waals surface area contributed by atoms with E-state index in [1.165, 1.54) is 4.90 Å². The Morgan fingerprint density at radius 1 is 1.06 bits per heavy atom. The Bertz CT molecular complexity index is 1000. The standard InChI is InChI=1S/C26H35N3O4S/c1-7-18-12-14-19(15-13-18)22(23(30)27-20-11-9-8-10-17(20)2)29(6)24(31)21(16-34)28-25(32)33-26(3,4)5/h8-15,21-22,34H,7,16H2,1-6H3,(H,27,30)(H,28,32). The van der Waals surface area contributed by atoms with Gasteiger partial charge in [-0.15, -0.1) is 0 Å². The number of amides is 3. The number of hydrogen-bond donors (Lipinski definition) is 3. The van der Waals surface area contributed by atoms with Gasteiger partial charge in [0, 0.05) is 18.5 Å².